The van der Waals surface area contributed by atoms with Gasteiger partial charge in [0, 0.05) is 25.4 Å². The van der Waals surface area contributed by atoms with Crippen molar-refractivity contribution in [3.63, 3.8) is 0 Å². The van der Waals surface area contributed by atoms with Gasteiger partial charge in [0.2, 0.25) is 0 Å². The quantitative estimate of drug-likeness (QED) is 0.821. The van der Waals surface area contributed by atoms with Crippen LogP contribution < -0.4 is 10.6 Å². The van der Waals surface area contributed by atoms with Crippen molar-refractivity contribution in [3.8, 4) is 0 Å². The zero-order chi connectivity index (χ0) is 13.5. The summed E-state index contributed by atoms with van der Waals surface area (Å²) in [5.74, 6) is 0. The number of hydrogen-bond donors (Lipinski definition) is 1. The molecule has 0 spiro atoms. The van der Waals surface area contributed by atoms with Crippen molar-refractivity contribution in [1.82, 2.24) is 0 Å². The fourth-order valence-electron chi connectivity index (χ4n) is 2.72. The van der Waals surface area contributed by atoms with Crippen molar-refractivity contribution < 1.29 is 4.74 Å². The van der Waals surface area contributed by atoms with E-state index in [1.165, 1.54) is 24.1 Å². The summed E-state index contributed by atoms with van der Waals surface area (Å²) in [5, 5.41) is 0. The van der Waals surface area contributed by atoms with E-state index in [-0.39, 0.29) is 0 Å². The molecule has 3 nitrogen and oxygen atoms in total. The number of para-hydroxylation sites is 1. The van der Waals surface area contributed by atoms with Crippen LogP contribution in [-0.4, -0.2) is 32.3 Å². The minimum atomic E-state index is 0.462. The number of nitrogens with zero attached hydrogens (tertiary/aromatic N) is 1. The molecule has 106 valence electrons. The second kappa shape index (κ2) is 7.51. The van der Waals surface area contributed by atoms with Crippen molar-refractivity contribution in [2.75, 3.05) is 31.1 Å². The van der Waals surface area contributed by atoms with Crippen LogP contribution >= 0.6 is 0 Å². The summed E-state index contributed by atoms with van der Waals surface area (Å²) in [6.45, 7) is 5.97. The predicted octanol–water partition coefficient (Wildman–Crippen LogP) is 2.72. The first-order chi connectivity index (χ1) is 9.31. The van der Waals surface area contributed by atoms with Crippen LogP contribution in [0.5, 0.6) is 0 Å². The van der Waals surface area contributed by atoms with E-state index in [1.54, 1.807) is 0 Å². The molecule has 1 aromatic rings. The minimum absolute atomic E-state index is 0.462. The lowest BCUT2D eigenvalue weighted by Crippen LogP contribution is -2.30. The standard InChI is InChI=1S/C16H26N2O/c1-14-6-2-3-8-16(14)18(11-5-10-17)12-9-15-7-4-13-19-15/h2-3,6,8,15H,4-5,7,9-13,17H2,1H3. The average molecular weight is 262 g/mol. The Balaban J connectivity index is 1.96. The molecule has 3 heteroatoms. The van der Waals surface area contributed by atoms with Crippen LogP contribution in [-0.2, 0) is 4.74 Å². The lowest BCUT2D eigenvalue weighted by atomic mass is 10.1. The van der Waals surface area contributed by atoms with E-state index >= 15 is 0 Å². The van der Waals surface area contributed by atoms with Crippen molar-refractivity contribution in [3.05, 3.63) is 29.8 Å². The molecule has 2 N–H and O–H groups in total. The number of ether oxygens (including phenoxy) is 1. The highest BCUT2D eigenvalue weighted by molar-refractivity contribution is 5.52. The lowest BCUT2D eigenvalue weighted by molar-refractivity contribution is 0.105. The second-order valence-corrected chi connectivity index (χ2v) is 5.34. The van der Waals surface area contributed by atoms with Crippen LogP contribution in [0.25, 0.3) is 0 Å². The molecule has 1 aliphatic heterocycles. The maximum absolute atomic E-state index is 5.72. The highest BCUT2D eigenvalue weighted by Crippen LogP contribution is 2.22. The fraction of sp³-hybridized carbons (Fsp3) is 0.625. The number of rotatable bonds is 7. The predicted molar refractivity (Wildman–Crippen MR) is 80.7 cm³/mol. The van der Waals surface area contributed by atoms with Gasteiger partial charge in [0.05, 0.1) is 6.10 Å². The molecule has 19 heavy (non-hydrogen) atoms. The monoisotopic (exact) mass is 262 g/mol. The van der Waals surface area contributed by atoms with Crippen LogP contribution in [0.4, 0.5) is 5.69 Å². The Morgan fingerprint density at radius 3 is 2.84 bits per heavy atom. The molecule has 0 aromatic heterocycles. The molecule has 1 saturated heterocycles. The highest BCUT2D eigenvalue weighted by atomic mass is 16.5. The molecular weight excluding hydrogens is 236 g/mol. The maximum atomic E-state index is 5.72. The third-order valence-corrected chi connectivity index (χ3v) is 3.83. The van der Waals surface area contributed by atoms with Gasteiger partial charge in [-0.25, -0.2) is 0 Å². The first-order valence-corrected chi connectivity index (χ1v) is 7.43. The van der Waals surface area contributed by atoms with Gasteiger partial charge in [0.1, 0.15) is 0 Å². The summed E-state index contributed by atoms with van der Waals surface area (Å²) in [5.41, 5.74) is 8.34. The molecule has 1 fully saturated rings. The number of hydrogen-bond acceptors (Lipinski definition) is 3. The number of benzene rings is 1. The van der Waals surface area contributed by atoms with E-state index < -0.39 is 0 Å². The molecule has 1 aliphatic rings. The Bertz CT molecular complexity index is 375. The normalized spacial score (nSPS) is 18.7. The number of aryl methyl sites for hydroxylation is 1. The van der Waals surface area contributed by atoms with Gasteiger partial charge in [-0.15, -0.1) is 0 Å². The van der Waals surface area contributed by atoms with E-state index in [9.17, 15) is 0 Å². The largest absolute Gasteiger partial charge is 0.378 e. The topological polar surface area (TPSA) is 38.5 Å². The van der Waals surface area contributed by atoms with Crippen LogP contribution in [0.1, 0.15) is 31.2 Å². The molecule has 1 unspecified atom stereocenters. The van der Waals surface area contributed by atoms with E-state index in [4.69, 9.17) is 10.5 Å². The fourth-order valence-corrected chi connectivity index (χ4v) is 2.72. The smallest absolute Gasteiger partial charge is 0.0592 e. The van der Waals surface area contributed by atoms with Crippen molar-refractivity contribution in [2.45, 2.75) is 38.7 Å². The minimum Gasteiger partial charge on any atom is -0.378 e. The zero-order valence-electron chi connectivity index (χ0n) is 12.0. The average Bonchev–Trinajstić information content (AvgIpc) is 2.93. The zero-order valence-corrected chi connectivity index (χ0v) is 12.0. The first-order valence-electron chi connectivity index (χ1n) is 7.43. The lowest BCUT2D eigenvalue weighted by Gasteiger charge is -2.27. The van der Waals surface area contributed by atoms with Gasteiger partial charge < -0.3 is 15.4 Å². The Hall–Kier alpha value is -1.06. The molecule has 1 aromatic carbocycles. The highest BCUT2D eigenvalue weighted by Gasteiger charge is 2.17. The third-order valence-electron chi connectivity index (χ3n) is 3.83. The summed E-state index contributed by atoms with van der Waals surface area (Å²) in [4.78, 5) is 2.46. The van der Waals surface area contributed by atoms with Crippen molar-refractivity contribution >= 4 is 5.69 Å². The van der Waals surface area contributed by atoms with E-state index in [0.29, 0.717) is 6.10 Å². The van der Waals surface area contributed by atoms with Gasteiger partial charge in [0.25, 0.3) is 0 Å². The molecule has 1 heterocycles. The van der Waals surface area contributed by atoms with Gasteiger partial charge in [-0.05, 0) is 50.8 Å². The Labute approximate surface area is 116 Å². The van der Waals surface area contributed by atoms with Crippen LogP contribution in [0.3, 0.4) is 0 Å². The summed E-state index contributed by atoms with van der Waals surface area (Å²) < 4.78 is 5.72. The van der Waals surface area contributed by atoms with Gasteiger partial charge in [-0.2, -0.15) is 0 Å². The summed E-state index contributed by atoms with van der Waals surface area (Å²) >= 11 is 0. The van der Waals surface area contributed by atoms with Gasteiger partial charge in [0.15, 0.2) is 0 Å². The Kier molecular flexibility index (Phi) is 5.67. The molecule has 0 radical (unpaired) electrons. The molecule has 0 saturated carbocycles. The number of anilines is 1. The van der Waals surface area contributed by atoms with Gasteiger partial charge in [-0.3, -0.25) is 0 Å². The maximum Gasteiger partial charge on any atom is 0.0592 e. The summed E-state index contributed by atoms with van der Waals surface area (Å²) in [6.07, 6.45) is 5.07. The number of nitrogens with two attached hydrogens (primary N) is 1. The molecular formula is C16H26N2O. The molecule has 1 atom stereocenters. The Morgan fingerprint density at radius 2 is 2.16 bits per heavy atom. The second-order valence-electron chi connectivity index (χ2n) is 5.34. The van der Waals surface area contributed by atoms with E-state index in [1.807, 2.05) is 0 Å². The SMILES string of the molecule is Cc1ccccc1N(CCCN)CCC1CCCO1. The molecule has 0 aliphatic carbocycles. The molecule has 2 rings (SSSR count). The van der Waals surface area contributed by atoms with Crippen LogP contribution in [0.2, 0.25) is 0 Å². The first kappa shape index (κ1) is 14.4. The van der Waals surface area contributed by atoms with Crippen LogP contribution in [0, 0.1) is 6.92 Å². The Morgan fingerprint density at radius 1 is 1.32 bits per heavy atom. The van der Waals surface area contributed by atoms with Gasteiger partial charge in [-0.1, -0.05) is 18.2 Å². The van der Waals surface area contributed by atoms with E-state index in [0.717, 1.165) is 39.1 Å². The molecule has 0 amide bonds. The third kappa shape index (κ3) is 4.22. The molecule has 0 bridgehead atoms. The van der Waals surface area contributed by atoms with Crippen molar-refractivity contribution in [2.24, 2.45) is 5.73 Å². The van der Waals surface area contributed by atoms with Gasteiger partial charge >= 0.3 is 0 Å². The summed E-state index contributed by atoms with van der Waals surface area (Å²) in [7, 11) is 0. The van der Waals surface area contributed by atoms with Crippen molar-refractivity contribution in [1.29, 1.82) is 0 Å². The summed E-state index contributed by atoms with van der Waals surface area (Å²) in [6, 6.07) is 8.60. The van der Waals surface area contributed by atoms with E-state index in [2.05, 4.69) is 36.1 Å². The van der Waals surface area contributed by atoms with Crippen LogP contribution in [0.15, 0.2) is 24.3 Å².